The van der Waals surface area contributed by atoms with Crippen molar-refractivity contribution in [1.82, 2.24) is 5.32 Å². The van der Waals surface area contributed by atoms with Crippen LogP contribution in [0.4, 0.5) is 0 Å². The van der Waals surface area contributed by atoms with Crippen LogP contribution in [-0.4, -0.2) is 19.1 Å². The van der Waals surface area contributed by atoms with Gasteiger partial charge in [-0.05, 0) is 29.7 Å². The molecular weight excluding hydrogens is 298 g/mol. The van der Waals surface area contributed by atoms with Crippen LogP contribution in [0, 0.1) is 0 Å². The van der Waals surface area contributed by atoms with Gasteiger partial charge in [0.15, 0.2) is 6.61 Å². The molecule has 0 fully saturated rings. The molecule has 2 aromatic rings. The molecule has 0 unspecified atom stereocenters. The normalized spacial score (nSPS) is 10.3. The van der Waals surface area contributed by atoms with Gasteiger partial charge >= 0.3 is 0 Å². The minimum atomic E-state index is -0.128. The molecule has 1 N–H and O–H groups in total. The van der Waals surface area contributed by atoms with Gasteiger partial charge in [-0.3, -0.25) is 4.79 Å². The average molecular weight is 318 g/mol. The van der Waals surface area contributed by atoms with Gasteiger partial charge in [0.2, 0.25) is 0 Å². The quantitative estimate of drug-likeness (QED) is 0.773. The Morgan fingerprint density at radius 1 is 1.14 bits per heavy atom. The lowest BCUT2D eigenvalue weighted by Gasteiger charge is -2.10. The molecule has 0 heterocycles. The summed E-state index contributed by atoms with van der Waals surface area (Å²) in [4.78, 5) is 11.6. The van der Waals surface area contributed by atoms with Crippen LogP contribution in [0.15, 0.2) is 48.5 Å². The van der Waals surface area contributed by atoms with Crippen molar-refractivity contribution in [2.24, 2.45) is 0 Å². The van der Waals surface area contributed by atoms with Gasteiger partial charge in [0, 0.05) is 6.54 Å². The molecule has 1 amide bonds. The maximum absolute atomic E-state index is 11.6. The minimum absolute atomic E-state index is 0.0197. The van der Waals surface area contributed by atoms with Gasteiger partial charge in [0.1, 0.15) is 5.75 Å². The van der Waals surface area contributed by atoms with Crippen molar-refractivity contribution in [3.63, 3.8) is 0 Å². The number of halogens is 1. The van der Waals surface area contributed by atoms with Crippen LogP contribution in [-0.2, 0) is 4.79 Å². The molecular formula is C18H20ClNO2. The Labute approximate surface area is 136 Å². The summed E-state index contributed by atoms with van der Waals surface area (Å²) < 4.78 is 5.48. The van der Waals surface area contributed by atoms with E-state index in [0.29, 0.717) is 17.3 Å². The van der Waals surface area contributed by atoms with Crippen molar-refractivity contribution >= 4 is 17.5 Å². The lowest BCUT2D eigenvalue weighted by molar-refractivity contribution is -0.123. The number of ether oxygens (including phenoxy) is 1. The van der Waals surface area contributed by atoms with Crippen molar-refractivity contribution in [1.29, 1.82) is 0 Å². The monoisotopic (exact) mass is 317 g/mol. The predicted molar refractivity (Wildman–Crippen MR) is 90.3 cm³/mol. The summed E-state index contributed by atoms with van der Waals surface area (Å²) in [7, 11) is 0. The molecule has 116 valence electrons. The first-order chi connectivity index (χ1) is 10.7. The first-order valence-corrected chi connectivity index (χ1v) is 7.83. The molecule has 22 heavy (non-hydrogen) atoms. The van der Waals surface area contributed by atoms with E-state index in [1.807, 2.05) is 42.5 Å². The fourth-order valence-electron chi connectivity index (χ4n) is 2.03. The van der Waals surface area contributed by atoms with Crippen LogP contribution in [0.2, 0.25) is 5.02 Å². The third kappa shape index (κ3) is 4.78. The largest absolute Gasteiger partial charge is 0.482 e. The van der Waals surface area contributed by atoms with Crippen LogP contribution >= 0.6 is 11.6 Å². The van der Waals surface area contributed by atoms with Crippen molar-refractivity contribution in [3.05, 3.63) is 53.6 Å². The first kappa shape index (κ1) is 16.4. The summed E-state index contributed by atoms with van der Waals surface area (Å²) in [5, 5.41) is 3.31. The zero-order valence-electron chi connectivity index (χ0n) is 12.6. The van der Waals surface area contributed by atoms with Gasteiger partial charge in [-0.2, -0.15) is 0 Å². The molecule has 0 aliphatic rings. The van der Waals surface area contributed by atoms with E-state index >= 15 is 0 Å². The van der Waals surface area contributed by atoms with E-state index in [0.717, 1.165) is 24.0 Å². The van der Waals surface area contributed by atoms with Crippen molar-refractivity contribution in [3.8, 4) is 16.9 Å². The molecule has 4 heteroatoms. The Balaban J connectivity index is 1.94. The van der Waals surface area contributed by atoms with Crippen LogP contribution in [0.1, 0.15) is 19.8 Å². The van der Waals surface area contributed by atoms with Crippen molar-refractivity contribution < 1.29 is 9.53 Å². The van der Waals surface area contributed by atoms with E-state index in [1.165, 1.54) is 0 Å². The third-order valence-corrected chi connectivity index (χ3v) is 3.55. The molecule has 0 aromatic heterocycles. The lowest BCUT2D eigenvalue weighted by atomic mass is 10.1. The van der Waals surface area contributed by atoms with Gasteiger partial charge in [-0.25, -0.2) is 0 Å². The molecule has 0 aliphatic carbocycles. The summed E-state index contributed by atoms with van der Waals surface area (Å²) in [6.07, 6.45) is 2.02. The lowest BCUT2D eigenvalue weighted by Crippen LogP contribution is -2.29. The second-order valence-corrected chi connectivity index (χ2v) is 5.41. The van der Waals surface area contributed by atoms with Crippen LogP contribution in [0.25, 0.3) is 11.1 Å². The van der Waals surface area contributed by atoms with Gasteiger partial charge in [0.05, 0.1) is 5.02 Å². The molecule has 2 aromatic carbocycles. The highest BCUT2D eigenvalue weighted by Crippen LogP contribution is 2.30. The number of nitrogens with one attached hydrogen (secondary N) is 1. The summed E-state index contributed by atoms with van der Waals surface area (Å²) >= 11 is 6.23. The number of carbonyl (C=O) groups excluding carboxylic acids is 1. The second kappa shape index (κ2) is 8.44. The average Bonchev–Trinajstić information content (AvgIpc) is 2.55. The number of carbonyl (C=O) groups is 1. The summed E-state index contributed by atoms with van der Waals surface area (Å²) in [5.41, 5.74) is 2.11. The maximum Gasteiger partial charge on any atom is 0.257 e. The molecule has 0 saturated carbocycles. The third-order valence-electron chi connectivity index (χ3n) is 3.25. The van der Waals surface area contributed by atoms with E-state index in [-0.39, 0.29) is 12.5 Å². The predicted octanol–water partition coefficient (Wildman–Crippen LogP) is 4.30. The Kier molecular flexibility index (Phi) is 6.28. The fourth-order valence-corrected chi connectivity index (χ4v) is 2.26. The highest BCUT2D eigenvalue weighted by molar-refractivity contribution is 6.32. The molecule has 0 saturated heterocycles. The smallest absolute Gasteiger partial charge is 0.257 e. The second-order valence-electron chi connectivity index (χ2n) is 5.00. The highest BCUT2D eigenvalue weighted by atomic mass is 35.5. The number of hydrogen-bond donors (Lipinski definition) is 1. The molecule has 0 bridgehead atoms. The van der Waals surface area contributed by atoms with Gasteiger partial charge < -0.3 is 10.1 Å². The highest BCUT2D eigenvalue weighted by Gasteiger charge is 2.07. The van der Waals surface area contributed by atoms with Crippen molar-refractivity contribution in [2.45, 2.75) is 19.8 Å². The summed E-state index contributed by atoms with van der Waals surface area (Å²) in [6.45, 7) is 2.74. The Hall–Kier alpha value is -2.00. The first-order valence-electron chi connectivity index (χ1n) is 7.45. The van der Waals surface area contributed by atoms with E-state index in [9.17, 15) is 4.79 Å². The Morgan fingerprint density at radius 2 is 1.91 bits per heavy atom. The van der Waals surface area contributed by atoms with Gasteiger partial charge in [-0.15, -0.1) is 0 Å². The number of benzene rings is 2. The van der Waals surface area contributed by atoms with E-state index in [1.54, 1.807) is 6.07 Å². The van der Waals surface area contributed by atoms with E-state index in [4.69, 9.17) is 16.3 Å². The molecule has 0 spiro atoms. The van der Waals surface area contributed by atoms with Crippen molar-refractivity contribution in [2.75, 3.05) is 13.2 Å². The SMILES string of the molecule is CCCCNC(=O)COc1ccc(-c2ccccc2)cc1Cl. The van der Waals surface area contributed by atoms with Gasteiger partial charge in [-0.1, -0.05) is 61.3 Å². The maximum atomic E-state index is 11.6. The van der Waals surface area contributed by atoms with Gasteiger partial charge in [0.25, 0.3) is 5.91 Å². The fraction of sp³-hybridized carbons (Fsp3) is 0.278. The van der Waals surface area contributed by atoms with Crippen LogP contribution < -0.4 is 10.1 Å². The molecule has 2 rings (SSSR count). The molecule has 0 aliphatic heterocycles. The van der Waals surface area contributed by atoms with Crippen LogP contribution in [0.3, 0.4) is 0 Å². The molecule has 0 atom stereocenters. The Bertz CT molecular complexity index is 614. The van der Waals surface area contributed by atoms with E-state index in [2.05, 4.69) is 12.2 Å². The molecule has 0 radical (unpaired) electrons. The number of unbranched alkanes of at least 4 members (excludes halogenated alkanes) is 1. The van der Waals surface area contributed by atoms with E-state index < -0.39 is 0 Å². The van der Waals surface area contributed by atoms with Crippen LogP contribution in [0.5, 0.6) is 5.75 Å². The number of rotatable bonds is 7. The molecule has 3 nitrogen and oxygen atoms in total. The summed E-state index contributed by atoms with van der Waals surface area (Å²) in [5.74, 6) is 0.392. The summed E-state index contributed by atoms with van der Waals surface area (Å²) in [6, 6.07) is 15.6. The number of hydrogen-bond acceptors (Lipinski definition) is 2. The topological polar surface area (TPSA) is 38.3 Å². The zero-order chi connectivity index (χ0) is 15.8. The Morgan fingerprint density at radius 3 is 2.59 bits per heavy atom. The zero-order valence-corrected chi connectivity index (χ0v) is 13.4. The minimum Gasteiger partial charge on any atom is -0.482 e. The standard InChI is InChI=1S/C18H20ClNO2/c1-2-3-11-20-18(21)13-22-17-10-9-15(12-16(17)19)14-7-5-4-6-8-14/h4-10,12H,2-3,11,13H2,1H3,(H,20,21). The number of amides is 1.